The molecule has 29 heavy (non-hydrogen) atoms. The van der Waals surface area contributed by atoms with Crippen LogP contribution >= 0.6 is 23.2 Å². The summed E-state index contributed by atoms with van der Waals surface area (Å²) in [5.74, 6) is 0.549. The van der Waals surface area contributed by atoms with Crippen LogP contribution in [0.1, 0.15) is 39.4 Å². The van der Waals surface area contributed by atoms with Crippen LogP contribution < -0.4 is 14.4 Å². The predicted molar refractivity (Wildman–Crippen MR) is 113 cm³/mol. The molecule has 0 aromatic heterocycles. The molecule has 0 bridgehead atoms. The molecule has 1 amide bonds. The van der Waals surface area contributed by atoms with Crippen molar-refractivity contribution >= 4 is 40.5 Å². The molecule has 0 saturated heterocycles. The maximum absolute atomic E-state index is 12.2. The van der Waals surface area contributed by atoms with Gasteiger partial charge in [-0.15, -0.1) is 0 Å². The number of nitro groups is 1. The summed E-state index contributed by atoms with van der Waals surface area (Å²) in [5, 5.41) is 11.9. The lowest BCUT2D eigenvalue weighted by molar-refractivity contribution is -0.384. The number of non-ortho nitro benzene ring substituents is 1. The highest BCUT2D eigenvalue weighted by molar-refractivity contribution is 6.42. The third kappa shape index (κ3) is 5.10. The molecular formula is C20H22Cl2N2O5. The first-order chi connectivity index (χ1) is 13.6. The second-order valence-corrected chi connectivity index (χ2v) is 7.47. The highest BCUT2D eigenvalue weighted by atomic mass is 35.5. The van der Waals surface area contributed by atoms with E-state index in [4.69, 9.17) is 32.7 Å². The van der Waals surface area contributed by atoms with Crippen LogP contribution in [-0.4, -0.2) is 24.0 Å². The Balaban J connectivity index is 2.53. The molecular weight excluding hydrogens is 419 g/mol. The Morgan fingerprint density at radius 1 is 1.10 bits per heavy atom. The van der Waals surface area contributed by atoms with Crippen LogP contribution in [-0.2, 0) is 4.79 Å². The third-order valence-electron chi connectivity index (χ3n) is 4.28. The van der Waals surface area contributed by atoms with Gasteiger partial charge < -0.3 is 14.4 Å². The smallest absolute Gasteiger partial charge is 0.271 e. The maximum atomic E-state index is 12.2. The van der Waals surface area contributed by atoms with Gasteiger partial charge in [0.2, 0.25) is 5.91 Å². The van der Waals surface area contributed by atoms with E-state index in [1.165, 1.54) is 37.1 Å². The quantitative estimate of drug-likeness (QED) is 0.400. The normalized spacial score (nSPS) is 11.9. The summed E-state index contributed by atoms with van der Waals surface area (Å²) in [5.41, 5.74) is 0.816. The third-order valence-corrected chi connectivity index (χ3v) is 5.01. The van der Waals surface area contributed by atoms with Gasteiger partial charge in [0.05, 0.1) is 27.8 Å². The van der Waals surface area contributed by atoms with Crippen molar-refractivity contribution in [1.82, 2.24) is 0 Å². The molecule has 156 valence electrons. The van der Waals surface area contributed by atoms with Crippen LogP contribution in [0.5, 0.6) is 11.5 Å². The molecule has 2 aromatic carbocycles. The fourth-order valence-electron chi connectivity index (χ4n) is 3.01. The van der Waals surface area contributed by atoms with Crippen LogP contribution in [0.2, 0.25) is 10.0 Å². The van der Waals surface area contributed by atoms with Crippen molar-refractivity contribution in [3.63, 3.8) is 0 Å². The van der Waals surface area contributed by atoms with E-state index in [1.807, 2.05) is 13.8 Å². The molecule has 0 N–H and O–H groups in total. The van der Waals surface area contributed by atoms with Gasteiger partial charge in [0.1, 0.15) is 17.6 Å². The van der Waals surface area contributed by atoms with Gasteiger partial charge in [-0.1, -0.05) is 23.2 Å². The molecule has 0 aliphatic heterocycles. The molecule has 2 rings (SSSR count). The Morgan fingerprint density at radius 3 is 2.24 bits per heavy atom. The molecule has 0 saturated carbocycles. The Hall–Kier alpha value is -2.51. The summed E-state index contributed by atoms with van der Waals surface area (Å²) in [7, 11) is 1.50. The first-order valence-electron chi connectivity index (χ1n) is 8.84. The number of carbonyl (C=O) groups is 1. The largest absolute Gasteiger partial charge is 0.496 e. The number of rotatable bonds is 7. The van der Waals surface area contributed by atoms with Crippen LogP contribution in [0.25, 0.3) is 0 Å². The van der Waals surface area contributed by atoms with Gasteiger partial charge in [0.25, 0.3) is 5.69 Å². The summed E-state index contributed by atoms with van der Waals surface area (Å²) < 4.78 is 11.5. The average Bonchev–Trinajstić information content (AvgIpc) is 2.63. The van der Waals surface area contributed by atoms with Crippen LogP contribution in [0.3, 0.4) is 0 Å². The second kappa shape index (κ2) is 9.33. The van der Waals surface area contributed by atoms with Crippen molar-refractivity contribution < 1.29 is 19.2 Å². The number of nitrogens with zero attached hydrogens (tertiary/aromatic N) is 2. The van der Waals surface area contributed by atoms with E-state index in [0.717, 1.165) is 0 Å². The number of carbonyl (C=O) groups excluding carboxylic acids is 1. The van der Waals surface area contributed by atoms with E-state index in [9.17, 15) is 14.9 Å². The number of hydrogen-bond acceptors (Lipinski definition) is 5. The van der Waals surface area contributed by atoms with E-state index in [-0.39, 0.29) is 17.6 Å². The van der Waals surface area contributed by atoms with Crippen molar-refractivity contribution in [3.05, 3.63) is 56.1 Å². The minimum absolute atomic E-state index is 0.140. The lowest BCUT2D eigenvalue weighted by Crippen LogP contribution is -2.35. The van der Waals surface area contributed by atoms with Crippen molar-refractivity contribution in [1.29, 1.82) is 0 Å². The molecule has 2 aromatic rings. The van der Waals surface area contributed by atoms with Crippen molar-refractivity contribution in [3.8, 4) is 11.5 Å². The van der Waals surface area contributed by atoms with E-state index in [0.29, 0.717) is 32.8 Å². The fourth-order valence-corrected chi connectivity index (χ4v) is 3.34. The molecule has 0 aliphatic rings. The molecule has 0 fully saturated rings. The molecule has 1 atom stereocenters. The molecule has 9 heteroatoms. The number of ether oxygens (including phenoxy) is 2. The molecule has 7 nitrogen and oxygen atoms in total. The molecule has 0 radical (unpaired) electrons. The molecule has 0 spiro atoms. The summed E-state index contributed by atoms with van der Waals surface area (Å²) in [6.45, 7) is 6.81. The lowest BCUT2D eigenvalue weighted by Gasteiger charge is -2.28. The minimum Gasteiger partial charge on any atom is -0.496 e. The molecule has 0 heterocycles. The molecule has 1 unspecified atom stereocenters. The first-order valence-corrected chi connectivity index (χ1v) is 9.60. The zero-order valence-electron chi connectivity index (χ0n) is 16.7. The number of hydrogen-bond donors (Lipinski definition) is 0. The average molecular weight is 441 g/mol. The predicted octanol–water partition coefficient (Wildman–Crippen LogP) is 5.81. The van der Waals surface area contributed by atoms with Crippen molar-refractivity contribution in [2.24, 2.45) is 0 Å². The topological polar surface area (TPSA) is 81.9 Å². The Bertz CT molecular complexity index is 933. The summed E-state index contributed by atoms with van der Waals surface area (Å²) in [6.07, 6.45) is -0.541. The van der Waals surface area contributed by atoms with Crippen LogP contribution in [0.15, 0.2) is 30.3 Å². The van der Waals surface area contributed by atoms with Gasteiger partial charge in [-0.2, -0.15) is 0 Å². The number of nitro benzene ring substituents is 1. The summed E-state index contributed by atoms with van der Waals surface area (Å²) >= 11 is 12.2. The van der Waals surface area contributed by atoms with Gasteiger partial charge in [-0.25, -0.2) is 0 Å². The zero-order chi connectivity index (χ0) is 21.9. The lowest BCUT2D eigenvalue weighted by atomic mass is 10.1. The minimum atomic E-state index is -0.541. The Kier molecular flexibility index (Phi) is 7.32. The highest BCUT2D eigenvalue weighted by Crippen LogP contribution is 2.39. The van der Waals surface area contributed by atoms with Gasteiger partial charge in [-0.05, 0) is 32.9 Å². The van der Waals surface area contributed by atoms with E-state index in [2.05, 4.69) is 0 Å². The fraction of sp³-hybridized carbons (Fsp3) is 0.350. The number of amides is 1. The Morgan fingerprint density at radius 2 is 1.72 bits per heavy atom. The first kappa shape index (κ1) is 22.8. The number of halogens is 2. The second-order valence-electron chi connectivity index (χ2n) is 6.66. The summed E-state index contributed by atoms with van der Waals surface area (Å²) in [6, 6.07) is 7.14. The van der Waals surface area contributed by atoms with Gasteiger partial charge in [-0.3, -0.25) is 14.9 Å². The van der Waals surface area contributed by atoms with E-state index < -0.39 is 11.0 Å². The van der Waals surface area contributed by atoms with E-state index in [1.54, 1.807) is 19.1 Å². The Labute approximate surface area is 179 Å². The standard InChI is InChI=1S/C20H22Cl2N2O5/c1-11(2)23(13(4)25)18-8-14(24(26)27)6-7-19(18)29-12(3)15-9-16(21)17(22)10-20(15)28-5/h6-12H,1-5H3. The van der Waals surface area contributed by atoms with Crippen molar-refractivity contribution in [2.45, 2.75) is 39.8 Å². The van der Waals surface area contributed by atoms with E-state index >= 15 is 0 Å². The molecule has 0 aliphatic carbocycles. The highest BCUT2D eigenvalue weighted by Gasteiger charge is 2.25. The number of methoxy groups -OCH3 is 1. The van der Waals surface area contributed by atoms with Crippen LogP contribution in [0, 0.1) is 10.1 Å². The van der Waals surface area contributed by atoms with Crippen LogP contribution in [0.4, 0.5) is 11.4 Å². The van der Waals surface area contributed by atoms with Crippen molar-refractivity contribution in [2.75, 3.05) is 12.0 Å². The summed E-state index contributed by atoms with van der Waals surface area (Å²) in [4.78, 5) is 24.4. The van der Waals surface area contributed by atoms with Gasteiger partial charge >= 0.3 is 0 Å². The van der Waals surface area contributed by atoms with Gasteiger partial charge in [0.15, 0.2) is 0 Å². The zero-order valence-corrected chi connectivity index (χ0v) is 18.2. The number of anilines is 1. The SMILES string of the molecule is COc1cc(Cl)c(Cl)cc1C(C)Oc1ccc([N+](=O)[O-])cc1N(C(C)=O)C(C)C. The van der Waals surface area contributed by atoms with Gasteiger partial charge in [0, 0.05) is 36.7 Å². The monoisotopic (exact) mass is 440 g/mol. The maximum Gasteiger partial charge on any atom is 0.271 e. The number of benzene rings is 2.